The molecule has 0 N–H and O–H groups in total. The molecule has 1 amide bonds. The van der Waals surface area contributed by atoms with Gasteiger partial charge in [-0.25, -0.2) is 4.99 Å². The standard InChI is InChI=1S/C23H16BrN3O3/c1-15-6-12-19(13-7-15)26-22(16-8-10-18(24)11-9-16)25-20(23(26)28)14-17-4-2-3-5-21(17)27(29)30/h2-14H,1H3/b20-14+. The SMILES string of the molecule is Cc1ccc(N2C(=O)/C(=C\c3ccccc3[N+](=O)[O-])N=C2c2ccc(Br)cc2)cc1. The minimum atomic E-state index is -0.469. The van der Waals surface area contributed by atoms with Gasteiger partial charge in [0.1, 0.15) is 11.5 Å². The Morgan fingerprint density at radius 3 is 2.33 bits per heavy atom. The van der Waals surface area contributed by atoms with E-state index in [4.69, 9.17) is 0 Å². The Kier molecular flexibility index (Phi) is 5.29. The number of carbonyl (C=O) groups excluding carboxylic acids is 1. The summed E-state index contributed by atoms with van der Waals surface area (Å²) < 4.78 is 0.911. The Bertz CT molecular complexity index is 1200. The van der Waals surface area contributed by atoms with Crippen molar-refractivity contribution in [2.45, 2.75) is 6.92 Å². The van der Waals surface area contributed by atoms with Crippen LogP contribution in [0.4, 0.5) is 11.4 Å². The molecule has 3 aromatic carbocycles. The third-order valence-electron chi connectivity index (χ3n) is 4.68. The number of amides is 1. The minimum absolute atomic E-state index is 0.0769. The third-order valence-corrected chi connectivity index (χ3v) is 5.21. The fourth-order valence-corrected chi connectivity index (χ4v) is 3.43. The minimum Gasteiger partial charge on any atom is -0.266 e. The Balaban J connectivity index is 1.85. The van der Waals surface area contributed by atoms with Crippen molar-refractivity contribution in [2.75, 3.05) is 4.90 Å². The van der Waals surface area contributed by atoms with Gasteiger partial charge in [0, 0.05) is 16.1 Å². The van der Waals surface area contributed by atoms with Crippen molar-refractivity contribution >= 4 is 45.1 Å². The summed E-state index contributed by atoms with van der Waals surface area (Å²) in [5.41, 5.74) is 2.91. The summed E-state index contributed by atoms with van der Waals surface area (Å²) in [5.74, 6) is 0.135. The average Bonchev–Trinajstić information content (AvgIpc) is 3.05. The Morgan fingerprint density at radius 1 is 1.00 bits per heavy atom. The first-order valence-corrected chi connectivity index (χ1v) is 9.94. The van der Waals surface area contributed by atoms with Crippen LogP contribution in [0.5, 0.6) is 0 Å². The summed E-state index contributed by atoms with van der Waals surface area (Å²) in [6.45, 7) is 1.97. The molecule has 0 radical (unpaired) electrons. The van der Waals surface area contributed by atoms with Crippen LogP contribution >= 0.6 is 15.9 Å². The molecule has 6 nitrogen and oxygen atoms in total. The van der Waals surface area contributed by atoms with Gasteiger partial charge in [0.05, 0.1) is 16.2 Å². The van der Waals surface area contributed by atoms with Crippen molar-refractivity contribution in [1.82, 2.24) is 0 Å². The number of para-hydroxylation sites is 1. The number of nitrogens with zero attached hydrogens (tertiary/aromatic N) is 3. The Morgan fingerprint density at radius 2 is 1.67 bits per heavy atom. The van der Waals surface area contributed by atoms with Crippen molar-refractivity contribution < 1.29 is 9.72 Å². The quantitative estimate of drug-likeness (QED) is 0.292. The highest BCUT2D eigenvalue weighted by Gasteiger charge is 2.33. The maximum atomic E-state index is 13.3. The van der Waals surface area contributed by atoms with Crippen LogP contribution in [0.3, 0.4) is 0 Å². The van der Waals surface area contributed by atoms with Crippen LogP contribution in [0.1, 0.15) is 16.7 Å². The maximum Gasteiger partial charge on any atom is 0.282 e. The van der Waals surface area contributed by atoms with Crippen LogP contribution in [0.25, 0.3) is 6.08 Å². The van der Waals surface area contributed by atoms with Crippen LogP contribution in [-0.2, 0) is 4.79 Å². The van der Waals surface area contributed by atoms with E-state index in [0.717, 1.165) is 15.6 Å². The van der Waals surface area contributed by atoms with E-state index in [1.807, 2.05) is 55.5 Å². The first-order chi connectivity index (χ1) is 14.4. The molecule has 0 aromatic heterocycles. The van der Waals surface area contributed by atoms with Gasteiger partial charge in [0.15, 0.2) is 0 Å². The first kappa shape index (κ1) is 19.7. The lowest BCUT2D eigenvalue weighted by Crippen LogP contribution is -2.32. The van der Waals surface area contributed by atoms with Crippen LogP contribution < -0.4 is 4.90 Å². The normalized spacial score (nSPS) is 14.9. The van der Waals surface area contributed by atoms with E-state index in [1.54, 1.807) is 18.2 Å². The van der Waals surface area contributed by atoms with Crippen molar-refractivity contribution in [3.05, 3.63) is 110 Å². The smallest absolute Gasteiger partial charge is 0.266 e. The second-order valence-electron chi connectivity index (χ2n) is 6.76. The summed E-state index contributed by atoms with van der Waals surface area (Å²) >= 11 is 3.42. The monoisotopic (exact) mass is 461 g/mol. The molecular formula is C23H16BrN3O3. The molecule has 1 heterocycles. The number of benzene rings is 3. The summed E-state index contributed by atoms with van der Waals surface area (Å²) in [7, 11) is 0. The number of amidine groups is 1. The van der Waals surface area contributed by atoms with Crippen LogP contribution in [-0.4, -0.2) is 16.7 Å². The molecule has 3 aromatic rings. The van der Waals surface area contributed by atoms with E-state index in [9.17, 15) is 14.9 Å². The number of rotatable bonds is 4. The van der Waals surface area contributed by atoms with Crippen molar-refractivity contribution in [3.63, 3.8) is 0 Å². The molecule has 0 unspecified atom stereocenters. The number of aliphatic imine (C=N–C) groups is 1. The zero-order valence-corrected chi connectivity index (χ0v) is 17.5. The van der Waals surface area contributed by atoms with Gasteiger partial charge < -0.3 is 0 Å². The van der Waals surface area contributed by atoms with Gasteiger partial charge in [-0.1, -0.05) is 57.9 Å². The number of nitro benzene ring substituents is 1. The number of hydrogen-bond acceptors (Lipinski definition) is 4. The molecule has 0 saturated heterocycles. The lowest BCUT2D eigenvalue weighted by molar-refractivity contribution is -0.385. The molecule has 0 atom stereocenters. The molecular weight excluding hydrogens is 446 g/mol. The molecule has 4 rings (SSSR count). The zero-order valence-electron chi connectivity index (χ0n) is 15.9. The number of halogens is 1. The molecule has 0 bridgehead atoms. The zero-order chi connectivity index (χ0) is 21.3. The molecule has 30 heavy (non-hydrogen) atoms. The van der Waals surface area contributed by atoms with Crippen molar-refractivity contribution in [2.24, 2.45) is 4.99 Å². The molecule has 0 spiro atoms. The predicted molar refractivity (Wildman–Crippen MR) is 120 cm³/mol. The number of anilines is 1. The van der Waals surface area contributed by atoms with Gasteiger partial charge in [-0.05, 0) is 43.3 Å². The Hall–Kier alpha value is -3.58. The lowest BCUT2D eigenvalue weighted by Gasteiger charge is -2.18. The number of aryl methyl sites for hydroxylation is 1. The van der Waals surface area contributed by atoms with E-state index in [1.165, 1.54) is 17.0 Å². The molecule has 0 fully saturated rings. The summed E-state index contributed by atoms with van der Waals surface area (Å²) in [4.78, 5) is 30.3. The molecule has 7 heteroatoms. The molecule has 1 aliphatic heterocycles. The second kappa shape index (κ2) is 8.04. The van der Waals surface area contributed by atoms with E-state index in [2.05, 4.69) is 20.9 Å². The molecule has 1 aliphatic rings. The van der Waals surface area contributed by atoms with Gasteiger partial charge >= 0.3 is 0 Å². The van der Waals surface area contributed by atoms with E-state index < -0.39 is 4.92 Å². The maximum absolute atomic E-state index is 13.3. The Labute approximate surface area is 181 Å². The molecule has 148 valence electrons. The van der Waals surface area contributed by atoms with Gasteiger partial charge in [-0.2, -0.15) is 0 Å². The van der Waals surface area contributed by atoms with E-state index in [-0.39, 0.29) is 17.3 Å². The van der Waals surface area contributed by atoms with Gasteiger partial charge in [-0.15, -0.1) is 0 Å². The largest absolute Gasteiger partial charge is 0.282 e. The number of carbonyl (C=O) groups is 1. The van der Waals surface area contributed by atoms with Crippen LogP contribution in [0.15, 0.2) is 88.0 Å². The number of nitro groups is 1. The highest BCUT2D eigenvalue weighted by molar-refractivity contribution is 9.10. The molecule has 0 saturated carbocycles. The summed E-state index contributed by atoms with van der Waals surface area (Å²) in [6, 6.07) is 21.3. The van der Waals surface area contributed by atoms with Crippen LogP contribution in [0, 0.1) is 17.0 Å². The van der Waals surface area contributed by atoms with Crippen molar-refractivity contribution in [1.29, 1.82) is 0 Å². The average molecular weight is 462 g/mol. The highest BCUT2D eigenvalue weighted by atomic mass is 79.9. The lowest BCUT2D eigenvalue weighted by atomic mass is 10.1. The van der Waals surface area contributed by atoms with E-state index >= 15 is 0 Å². The fraction of sp³-hybridized carbons (Fsp3) is 0.0435. The fourth-order valence-electron chi connectivity index (χ4n) is 3.17. The van der Waals surface area contributed by atoms with Gasteiger partial charge in [0.2, 0.25) is 0 Å². The highest BCUT2D eigenvalue weighted by Crippen LogP contribution is 2.30. The van der Waals surface area contributed by atoms with Gasteiger partial charge in [-0.3, -0.25) is 19.8 Å². The number of hydrogen-bond donors (Lipinski definition) is 0. The first-order valence-electron chi connectivity index (χ1n) is 9.15. The van der Waals surface area contributed by atoms with Gasteiger partial charge in [0.25, 0.3) is 11.6 Å². The van der Waals surface area contributed by atoms with E-state index in [0.29, 0.717) is 17.1 Å². The summed E-state index contributed by atoms with van der Waals surface area (Å²) in [5, 5.41) is 11.4. The third kappa shape index (κ3) is 3.79. The summed E-state index contributed by atoms with van der Waals surface area (Å²) in [6.07, 6.45) is 1.47. The molecule has 0 aliphatic carbocycles. The topological polar surface area (TPSA) is 75.8 Å². The second-order valence-corrected chi connectivity index (χ2v) is 7.68. The van der Waals surface area contributed by atoms with Crippen LogP contribution in [0.2, 0.25) is 0 Å². The van der Waals surface area contributed by atoms with Crippen molar-refractivity contribution in [3.8, 4) is 0 Å². The predicted octanol–water partition coefficient (Wildman–Crippen LogP) is 5.50.